The highest BCUT2D eigenvalue weighted by Crippen LogP contribution is 2.17. The Bertz CT molecular complexity index is 462. The summed E-state index contributed by atoms with van der Waals surface area (Å²) in [5, 5.41) is 0. The maximum absolute atomic E-state index is 11.2. The molecule has 76 valence electrons. The Hall–Kier alpha value is -2.10. The first-order chi connectivity index (χ1) is 7.31. The molecule has 2 heterocycles. The number of rotatable bonds is 2. The second-order valence-corrected chi connectivity index (χ2v) is 3.02. The van der Waals surface area contributed by atoms with Crippen LogP contribution in [0, 0.1) is 0 Å². The van der Waals surface area contributed by atoms with Crippen LogP contribution in [0.4, 0.5) is 0 Å². The van der Waals surface area contributed by atoms with Crippen molar-refractivity contribution in [3.63, 3.8) is 0 Å². The summed E-state index contributed by atoms with van der Waals surface area (Å²) in [7, 11) is 1.35. The minimum absolute atomic E-state index is 0.370. The molecule has 2 rings (SSSR count). The van der Waals surface area contributed by atoms with Gasteiger partial charge in [-0.1, -0.05) is 0 Å². The molecule has 0 aliphatic heterocycles. The third-order valence-corrected chi connectivity index (χ3v) is 2.06. The first kappa shape index (κ1) is 9.45. The fourth-order valence-corrected chi connectivity index (χ4v) is 1.31. The summed E-state index contributed by atoms with van der Waals surface area (Å²) in [4.78, 5) is 18.2. The van der Waals surface area contributed by atoms with E-state index >= 15 is 0 Å². The largest absolute Gasteiger partial charge is 0.464 e. The summed E-state index contributed by atoms with van der Waals surface area (Å²) in [5.74, 6) is -0.370. The number of hydrogen-bond donors (Lipinski definition) is 1. The minimum Gasteiger partial charge on any atom is -0.464 e. The molecule has 2 aromatic rings. The third kappa shape index (κ3) is 1.88. The van der Waals surface area contributed by atoms with Crippen molar-refractivity contribution in [2.24, 2.45) is 0 Å². The van der Waals surface area contributed by atoms with Crippen molar-refractivity contribution in [1.82, 2.24) is 9.97 Å². The molecule has 0 amide bonds. The molecule has 0 saturated carbocycles. The van der Waals surface area contributed by atoms with Crippen LogP contribution in [0.2, 0.25) is 0 Å². The van der Waals surface area contributed by atoms with E-state index in [-0.39, 0.29) is 5.97 Å². The van der Waals surface area contributed by atoms with E-state index in [1.807, 2.05) is 18.2 Å². The molecule has 0 spiro atoms. The van der Waals surface area contributed by atoms with Gasteiger partial charge in [-0.25, -0.2) is 4.79 Å². The van der Waals surface area contributed by atoms with Crippen molar-refractivity contribution >= 4 is 5.97 Å². The number of carbonyl (C=O) groups is 1. The summed E-state index contributed by atoms with van der Waals surface area (Å²) in [6.07, 6.45) is 3.43. The lowest BCUT2D eigenvalue weighted by molar-refractivity contribution is 0.0595. The molecule has 0 fully saturated rings. The van der Waals surface area contributed by atoms with E-state index in [4.69, 9.17) is 0 Å². The Morgan fingerprint density at radius 3 is 2.93 bits per heavy atom. The number of nitrogens with zero attached hydrogens (tertiary/aromatic N) is 1. The zero-order valence-electron chi connectivity index (χ0n) is 8.23. The van der Waals surface area contributed by atoms with Gasteiger partial charge in [-0.3, -0.25) is 4.98 Å². The van der Waals surface area contributed by atoms with Crippen LogP contribution >= 0.6 is 0 Å². The lowest BCUT2D eigenvalue weighted by atomic mass is 10.2. The fourth-order valence-electron chi connectivity index (χ4n) is 1.31. The summed E-state index contributed by atoms with van der Waals surface area (Å²) in [6.45, 7) is 0. The maximum Gasteiger partial charge on any atom is 0.354 e. The number of pyridine rings is 1. The zero-order chi connectivity index (χ0) is 10.7. The van der Waals surface area contributed by atoms with E-state index in [1.54, 1.807) is 18.5 Å². The molecular weight excluding hydrogens is 192 g/mol. The summed E-state index contributed by atoms with van der Waals surface area (Å²) in [6, 6.07) is 7.27. The van der Waals surface area contributed by atoms with Gasteiger partial charge in [0.25, 0.3) is 0 Å². The quantitative estimate of drug-likeness (QED) is 0.756. The van der Waals surface area contributed by atoms with Gasteiger partial charge in [-0.15, -0.1) is 0 Å². The van der Waals surface area contributed by atoms with Gasteiger partial charge in [0, 0.05) is 23.7 Å². The molecule has 15 heavy (non-hydrogen) atoms. The van der Waals surface area contributed by atoms with Crippen LogP contribution in [0.25, 0.3) is 11.3 Å². The zero-order valence-corrected chi connectivity index (χ0v) is 8.23. The van der Waals surface area contributed by atoms with Gasteiger partial charge < -0.3 is 9.72 Å². The van der Waals surface area contributed by atoms with Gasteiger partial charge in [0.15, 0.2) is 0 Å². The van der Waals surface area contributed by atoms with Crippen LogP contribution in [-0.4, -0.2) is 23.0 Å². The molecule has 4 heteroatoms. The lowest BCUT2D eigenvalue weighted by Crippen LogP contribution is -2.00. The highest BCUT2D eigenvalue weighted by Gasteiger charge is 2.08. The number of ether oxygens (including phenoxy) is 1. The molecule has 4 nitrogen and oxygen atoms in total. The molecule has 0 aliphatic carbocycles. The maximum atomic E-state index is 11.2. The van der Waals surface area contributed by atoms with Crippen molar-refractivity contribution in [2.75, 3.05) is 7.11 Å². The van der Waals surface area contributed by atoms with Crippen molar-refractivity contribution in [2.45, 2.75) is 0 Å². The third-order valence-electron chi connectivity index (χ3n) is 2.06. The van der Waals surface area contributed by atoms with Crippen LogP contribution in [-0.2, 0) is 4.74 Å². The van der Waals surface area contributed by atoms with Gasteiger partial charge in [0.2, 0.25) is 0 Å². The molecular formula is C11H10N2O2. The van der Waals surface area contributed by atoms with Gasteiger partial charge in [0.1, 0.15) is 5.69 Å². The normalized spacial score (nSPS) is 9.93. The van der Waals surface area contributed by atoms with Gasteiger partial charge in [0.05, 0.1) is 7.11 Å². The van der Waals surface area contributed by atoms with Crippen LogP contribution in [0.1, 0.15) is 10.5 Å². The van der Waals surface area contributed by atoms with Crippen molar-refractivity contribution in [3.8, 4) is 11.3 Å². The molecule has 0 unspecified atom stereocenters. The molecule has 0 aliphatic rings. The van der Waals surface area contributed by atoms with Gasteiger partial charge in [-0.05, 0) is 24.3 Å². The summed E-state index contributed by atoms with van der Waals surface area (Å²) in [5.41, 5.74) is 2.23. The Labute approximate surface area is 86.9 Å². The molecule has 1 N–H and O–H groups in total. The molecule has 0 atom stereocenters. The second-order valence-electron chi connectivity index (χ2n) is 3.02. The Morgan fingerprint density at radius 1 is 1.40 bits per heavy atom. The number of hydrogen-bond acceptors (Lipinski definition) is 3. The van der Waals surface area contributed by atoms with Gasteiger partial charge >= 0.3 is 5.97 Å². The Morgan fingerprint density at radius 2 is 2.27 bits per heavy atom. The molecule has 0 radical (unpaired) electrons. The second kappa shape index (κ2) is 3.96. The molecule has 2 aromatic heterocycles. The lowest BCUT2D eigenvalue weighted by Gasteiger charge is -1.96. The van der Waals surface area contributed by atoms with E-state index in [0.29, 0.717) is 5.69 Å². The molecule has 0 bridgehead atoms. The van der Waals surface area contributed by atoms with Crippen molar-refractivity contribution < 1.29 is 9.53 Å². The average molecular weight is 202 g/mol. The Kier molecular flexibility index (Phi) is 2.49. The molecule has 0 aromatic carbocycles. The highest BCUT2D eigenvalue weighted by molar-refractivity contribution is 5.88. The fraction of sp³-hybridized carbons (Fsp3) is 0.0909. The van der Waals surface area contributed by atoms with E-state index < -0.39 is 0 Å². The predicted molar refractivity (Wildman–Crippen MR) is 55.4 cm³/mol. The van der Waals surface area contributed by atoms with Crippen molar-refractivity contribution in [3.05, 3.63) is 42.4 Å². The van der Waals surface area contributed by atoms with Crippen LogP contribution in [0.5, 0.6) is 0 Å². The number of esters is 1. The predicted octanol–water partition coefficient (Wildman–Crippen LogP) is 1.86. The van der Waals surface area contributed by atoms with E-state index in [9.17, 15) is 4.79 Å². The first-order valence-electron chi connectivity index (χ1n) is 4.49. The number of H-pyrrole nitrogens is 1. The first-order valence-corrected chi connectivity index (χ1v) is 4.49. The van der Waals surface area contributed by atoms with E-state index in [0.717, 1.165) is 11.3 Å². The van der Waals surface area contributed by atoms with E-state index in [1.165, 1.54) is 7.11 Å². The number of aromatic nitrogens is 2. The van der Waals surface area contributed by atoms with E-state index in [2.05, 4.69) is 14.7 Å². The summed E-state index contributed by atoms with van der Waals surface area (Å²) < 4.78 is 4.60. The number of methoxy groups -OCH3 is 1. The number of carbonyl (C=O) groups excluding carboxylic acids is 1. The number of nitrogens with one attached hydrogen (secondary N) is 1. The minimum atomic E-state index is -0.370. The summed E-state index contributed by atoms with van der Waals surface area (Å²) >= 11 is 0. The monoisotopic (exact) mass is 202 g/mol. The SMILES string of the molecule is COC(=O)c1ccc(-c2cccnc2)[nH]1. The average Bonchev–Trinajstić information content (AvgIpc) is 2.78. The van der Waals surface area contributed by atoms with Crippen molar-refractivity contribution in [1.29, 1.82) is 0 Å². The standard InChI is InChI=1S/C11H10N2O2/c1-15-11(14)10-5-4-9(13-10)8-3-2-6-12-7-8/h2-7,13H,1H3. The van der Waals surface area contributed by atoms with Crippen LogP contribution in [0.3, 0.4) is 0 Å². The topological polar surface area (TPSA) is 55.0 Å². The Balaban J connectivity index is 2.32. The number of aromatic amines is 1. The van der Waals surface area contributed by atoms with Gasteiger partial charge in [-0.2, -0.15) is 0 Å². The smallest absolute Gasteiger partial charge is 0.354 e. The van der Waals surface area contributed by atoms with Crippen LogP contribution in [0.15, 0.2) is 36.7 Å². The highest BCUT2D eigenvalue weighted by atomic mass is 16.5. The van der Waals surface area contributed by atoms with Crippen LogP contribution < -0.4 is 0 Å². The molecule has 0 saturated heterocycles.